The molecule has 1 heterocycles. The van der Waals surface area contributed by atoms with Crippen molar-refractivity contribution in [3.8, 4) is 0 Å². The number of benzene rings is 1. The summed E-state index contributed by atoms with van der Waals surface area (Å²) >= 11 is 0.915. The third kappa shape index (κ3) is 2.06. The molecule has 0 radical (unpaired) electrons. The molecule has 0 aliphatic rings. The van der Waals surface area contributed by atoms with E-state index in [1.54, 1.807) is 12.1 Å². The van der Waals surface area contributed by atoms with E-state index in [9.17, 15) is 9.59 Å². The highest BCUT2D eigenvalue weighted by atomic mass is 32.1. The molecular weight excluding hydrogens is 252 g/mol. The molecular formula is C13H14O4S. The summed E-state index contributed by atoms with van der Waals surface area (Å²) in [5.74, 6) is -0.455. The van der Waals surface area contributed by atoms with Gasteiger partial charge in [0, 0.05) is 11.6 Å². The lowest BCUT2D eigenvalue weighted by molar-refractivity contribution is 0.0603. The highest BCUT2D eigenvalue weighted by molar-refractivity contribution is 7.11. The minimum Gasteiger partial charge on any atom is -0.465 e. The van der Waals surface area contributed by atoms with Gasteiger partial charge in [-0.15, -0.1) is 0 Å². The van der Waals surface area contributed by atoms with Crippen LogP contribution in [0.25, 0.3) is 10.1 Å². The van der Waals surface area contributed by atoms with Crippen molar-refractivity contribution in [2.45, 2.75) is 26.2 Å². The lowest BCUT2D eigenvalue weighted by Crippen LogP contribution is -2.13. The van der Waals surface area contributed by atoms with Gasteiger partial charge >= 0.3 is 11.6 Å². The van der Waals surface area contributed by atoms with Crippen LogP contribution in [0.5, 0.6) is 0 Å². The fraction of sp³-hybridized carbons (Fsp3) is 0.385. The molecule has 0 bridgehead atoms. The van der Waals surface area contributed by atoms with Crippen molar-refractivity contribution in [2.24, 2.45) is 0 Å². The van der Waals surface area contributed by atoms with Crippen LogP contribution in [-0.2, 0) is 10.2 Å². The van der Waals surface area contributed by atoms with E-state index in [4.69, 9.17) is 8.59 Å². The first-order valence-corrected chi connectivity index (χ1v) is 6.24. The molecule has 96 valence electrons. The van der Waals surface area contributed by atoms with Gasteiger partial charge in [0.15, 0.2) is 0 Å². The first kappa shape index (κ1) is 12.8. The van der Waals surface area contributed by atoms with Crippen LogP contribution >= 0.6 is 11.6 Å². The topological polar surface area (TPSA) is 56.5 Å². The van der Waals surface area contributed by atoms with Crippen LogP contribution in [0.15, 0.2) is 20.8 Å². The first-order valence-electron chi connectivity index (χ1n) is 5.50. The second kappa shape index (κ2) is 4.24. The van der Waals surface area contributed by atoms with Gasteiger partial charge in [-0.05, 0) is 23.1 Å². The van der Waals surface area contributed by atoms with E-state index in [1.807, 2.05) is 20.8 Å². The fourth-order valence-electron chi connectivity index (χ4n) is 1.69. The molecule has 4 nitrogen and oxygen atoms in total. The Balaban J connectivity index is 2.83. The van der Waals surface area contributed by atoms with Crippen LogP contribution in [0.2, 0.25) is 0 Å². The molecule has 0 aliphatic carbocycles. The molecule has 0 amide bonds. The molecule has 0 saturated carbocycles. The standard InChI is InChI=1S/C13H14O4S/c1-13(2,3)7-5-8(11(14)16-4)10-9(6-7)12(15)17-18-10/h5-6H,1-4H3. The maximum atomic E-state index is 11.8. The van der Waals surface area contributed by atoms with Crippen molar-refractivity contribution >= 4 is 27.7 Å². The van der Waals surface area contributed by atoms with Crippen LogP contribution in [0.4, 0.5) is 0 Å². The number of hydrogen-bond acceptors (Lipinski definition) is 5. The van der Waals surface area contributed by atoms with E-state index in [0.717, 1.165) is 17.2 Å². The van der Waals surface area contributed by atoms with Gasteiger partial charge in [0.25, 0.3) is 0 Å². The highest BCUT2D eigenvalue weighted by Crippen LogP contribution is 2.30. The molecule has 0 aliphatic heterocycles. The summed E-state index contributed by atoms with van der Waals surface area (Å²) in [4.78, 5) is 23.4. The van der Waals surface area contributed by atoms with Crippen LogP contribution in [0.3, 0.4) is 0 Å². The quantitative estimate of drug-likeness (QED) is 0.745. The minimum absolute atomic E-state index is 0.161. The molecule has 2 rings (SSSR count). The minimum atomic E-state index is -0.455. The number of carbonyl (C=O) groups excluding carboxylic acids is 1. The molecule has 0 atom stereocenters. The van der Waals surface area contributed by atoms with Crippen molar-refractivity contribution in [1.82, 2.24) is 0 Å². The predicted molar refractivity (Wildman–Crippen MR) is 70.4 cm³/mol. The third-order valence-corrected chi connectivity index (χ3v) is 3.62. The van der Waals surface area contributed by atoms with Gasteiger partial charge in [0.05, 0.1) is 22.8 Å². The zero-order valence-corrected chi connectivity index (χ0v) is 11.5. The summed E-state index contributed by atoms with van der Waals surface area (Å²) in [6.07, 6.45) is 0. The zero-order valence-electron chi connectivity index (χ0n) is 10.7. The normalized spacial score (nSPS) is 11.8. The Labute approximate surface area is 108 Å². The molecule has 0 N–H and O–H groups in total. The average molecular weight is 266 g/mol. The van der Waals surface area contributed by atoms with E-state index in [2.05, 4.69) is 0 Å². The van der Waals surface area contributed by atoms with E-state index in [0.29, 0.717) is 15.6 Å². The molecule has 5 heteroatoms. The Bertz CT molecular complexity index is 658. The first-order chi connectivity index (χ1) is 8.34. The molecule has 0 spiro atoms. The number of ether oxygens (including phenoxy) is 1. The van der Waals surface area contributed by atoms with Gasteiger partial charge in [-0.1, -0.05) is 20.8 Å². The van der Waals surface area contributed by atoms with E-state index >= 15 is 0 Å². The monoisotopic (exact) mass is 266 g/mol. The van der Waals surface area contributed by atoms with Gasteiger partial charge in [-0.25, -0.2) is 9.59 Å². The largest absolute Gasteiger partial charge is 0.465 e. The number of carbonyl (C=O) groups is 1. The molecule has 0 unspecified atom stereocenters. The second-order valence-electron chi connectivity index (χ2n) is 5.10. The summed E-state index contributed by atoms with van der Waals surface area (Å²) in [6.45, 7) is 6.05. The van der Waals surface area contributed by atoms with Crippen molar-refractivity contribution in [3.05, 3.63) is 33.7 Å². The van der Waals surface area contributed by atoms with Gasteiger partial charge in [-0.2, -0.15) is 0 Å². The van der Waals surface area contributed by atoms with Gasteiger partial charge < -0.3 is 8.59 Å². The highest BCUT2D eigenvalue weighted by Gasteiger charge is 2.22. The van der Waals surface area contributed by atoms with Crippen molar-refractivity contribution in [3.63, 3.8) is 0 Å². The number of esters is 1. The molecule has 0 fully saturated rings. The van der Waals surface area contributed by atoms with Gasteiger partial charge in [0.1, 0.15) is 0 Å². The lowest BCUT2D eigenvalue weighted by Gasteiger charge is -2.19. The number of hydrogen-bond donors (Lipinski definition) is 0. The molecule has 18 heavy (non-hydrogen) atoms. The Morgan fingerprint density at radius 3 is 2.56 bits per heavy atom. The zero-order chi connectivity index (χ0) is 13.5. The Hall–Kier alpha value is -1.62. The Kier molecular flexibility index (Phi) is 3.02. The van der Waals surface area contributed by atoms with E-state index in [-0.39, 0.29) is 5.41 Å². The van der Waals surface area contributed by atoms with Crippen molar-refractivity contribution < 1.29 is 13.4 Å². The SMILES string of the molecule is COC(=O)c1cc(C(C)(C)C)cc2c(=O)osc12. The molecule has 1 aromatic heterocycles. The van der Waals surface area contributed by atoms with E-state index < -0.39 is 11.6 Å². The smallest absolute Gasteiger partial charge is 0.356 e. The molecule has 1 aromatic carbocycles. The molecule has 2 aromatic rings. The van der Waals surface area contributed by atoms with Crippen molar-refractivity contribution in [1.29, 1.82) is 0 Å². The Morgan fingerprint density at radius 2 is 2.00 bits per heavy atom. The molecule has 0 saturated heterocycles. The number of methoxy groups -OCH3 is 1. The predicted octanol–water partition coefficient (Wildman–Crippen LogP) is 2.94. The average Bonchev–Trinajstić information content (AvgIpc) is 2.68. The summed E-state index contributed by atoms with van der Waals surface area (Å²) in [5, 5.41) is 0.438. The van der Waals surface area contributed by atoms with E-state index in [1.165, 1.54) is 7.11 Å². The summed E-state index contributed by atoms with van der Waals surface area (Å²) in [5.41, 5.74) is 0.717. The van der Waals surface area contributed by atoms with Crippen LogP contribution in [0, 0.1) is 0 Å². The maximum Gasteiger partial charge on any atom is 0.356 e. The summed E-state index contributed by atoms with van der Waals surface area (Å²) in [6, 6.07) is 3.55. The van der Waals surface area contributed by atoms with Crippen LogP contribution in [-0.4, -0.2) is 13.1 Å². The van der Waals surface area contributed by atoms with Gasteiger partial charge in [0.2, 0.25) is 0 Å². The summed E-state index contributed by atoms with van der Waals surface area (Å²) < 4.78 is 10.2. The summed E-state index contributed by atoms with van der Waals surface area (Å²) in [7, 11) is 1.32. The third-order valence-electron chi connectivity index (χ3n) is 2.78. The second-order valence-corrected chi connectivity index (χ2v) is 5.84. The fourth-order valence-corrected chi connectivity index (χ4v) is 2.40. The lowest BCUT2D eigenvalue weighted by atomic mass is 9.85. The number of fused-ring (bicyclic) bond motifs is 1. The maximum absolute atomic E-state index is 11.8. The van der Waals surface area contributed by atoms with Gasteiger partial charge in [-0.3, -0.25) is 0 Å². The Morgan fingerprint density at radius 1 is 1.33 bits per heavy atom. The number of rotatable bonds is 1. The van der Waals surface area contributed by atoms with Crippen LogP contribution < -0.4 is 5.63 Å². The van der Waals surface area contributed by atoms with Crippen molar-refractivity contribution in [2.75, 3.05) is 7.11 Å². The van der Waals surface area contributed by atoms with Crippen LogP contribution in [0.1, 0.15) is 36.7 Å².